The Morgan fingerprint density at radius 1 is 0.970 bits per heavy atom. The average molecular weight is 464 g/mol. The molecular weight excluding hydrogens is 434 g/mol. The number of nitrogens with one attached hydrogen (secondary N) is 1. The van der Waals surface area contributed by atoms with Gasteiger partial charge in [-0.25, -0.2) is 4.98 Å². The highest BCUT2D eigenvalue weighted by Crippen LogP contribution is 2.24. The van der Waals surface area contributed by atoms with Gasteiger partial charge in [0.2, 0.25) is 11.8 Å². The van der Waals surface area contributed by atoms with E-state index in [-0.39, 0.29) is 11.8 Å². The normalized spacial score (nSPS) is 17.7. The Labute approximate surface area is 198 Å². The molecule has 172 valence electrons. The molecule has 3 heterocycles. The van der Waals surface area contributed by atoms with E-state index in [1.165, 1.54) is 9.71 Å². The van der Waals surface area contributed by atoms with Crippen molar-refractivity contribution in [3.05, 3.63) is 53.5 Å². The van der Waals surface area contributed by atoms with Crippen LogP contribution in [0.3, 0.4) is 0 Å². The number of aromatic nitrogens is 1. The molecule has 5 rings (SSSR count). The number of anilines is 2. The third-order valence-electron chi connectivity index (χ3n) is 6.35. The first kappa shape index (κ1) is 22.0. The first-order chi connectivity index (χ1) is 16.1. The molecule has 2 fully saturated rings. The zero-order chi connectivity index (χ0) is 22.6. The molecule has 0 unspecified atom stereocenters. The second-order valence-corrected chi connectivity index (χ2v) is 9.80. The molecule has 33 heavy (non-hydrogen) atoms. The van der Waals surface area contributed by atoms with Gasteiger partial charge in [-0.1, -0.05) is 12.1 Å². The van der Waals surface area contributed by atoms with Gasteiger partial charge in [0.15, 0.2) is 0 Å². The summed E-state index contributed by atoms with van der Waals surface area (Å²) >= 11 is 1.78. The monoisotopic (exact) mass is 463 g/mol. The van der Waals surface area contributed by atoms with Gasteiger partial charge < -0.3 is 15.1 Å². The SMILES string of the molecule is O=C(CCN1CCN(Cc2nc3ccccc3s2)CC1)Nc1ccc(N2CCCC2=O)cc1. The Bertz CT molecular complexity index is 1090. The van der Waals surface area contributed by atoms with E-state index in [4.69, 9.17) is 4.98 Å². The Morgan fingerprint density at radius 2 is 1.73 bits per heavy atom. The first-order valence-corrected chi connectivity index (χ1v) is 12.5. The molecule has 2 saturated heterocycles. The lowest BCUT2D eigenvalue weighted by atomic mass is 10.2. The summed E-state index contributed by atoms with van der Waals surface area (Å²) in [5.41, 5.74) is 2.76. The smallest absolute Gasteiger partial charge is 0.227 e. The van der Waals surface area contributed by atoms with E-state index in [1.807, 2.05) is 35.2 Å². The predicted molar refractivity (Wildman–Crippen MR) is 133 cm³/mol. The van der Waals surface area contributed by atoms with Crippen molar-refractivity contribution in [3.8, 4) is 0 Å². The van der Waals surface area contributed by atoms with E-state index in [9.17, 15) is 9.59 Å². The van der Waals surface area contributed by atoms with Gasteiger partial charge >= 0.3 is 0 Å². The third-order valence-corrected chi connectivity index (χ3v) is 7.37. The summed E-state index contributed by atoms with van der Waals surface area (Å²) < 4.78 is 1.25. The van der Waals surface area contributed by atoms with Crippen molar-refractivity contribution >= 4 is 44.7 Å². The minimum Gasteiger partial charge on any atom is -0.326 e. The fourth-order valence-corrected chi connectivity index (χ4v) is 5.49. The van der Waals surface area contributed by atoms with Crippen molar-refractivity contribution in [2.45, 2.75) is 25.8 Å². The molecule has 3 aromatic rings. The van der Waals surface area contributed by atoms with Crippen LogP contribution < -0.4 is 10.2 Å². The highest BCUT2D eigenvalue weighted by atomic mass is 32.1. The van der Waals surface area contributed by atoms with E-state index in [0.717, 1.165) is 69.1 Å². The van der Waals surface area contributed by atoms with Gasteiger partial charge in [-0.05, 0) is 42.8 Å². The molecule has 0 saturated carbocycles. The number of carbonyl (C=O) groups is 2. The Hall–Kier alpha value is -2.81. The van der Waals surface area contributed by atoms with Crippen molar-refractivity contribution in [1.82, 2.24) is 14.8 Å². The summed E-state index contributed by atoms with van der Waals surface area (Å²) in [4.78, 5) is 35.6. The summed E-state index contributed by atoms with van der Waals surface area (Å²) in [7, 11) is 0. The fourth-order valence-electron chi connectivity index (χ4n) is 4.48. The Balaban J connectivity index is 1.04. The number of hydrogen-bond donors (Lipinski definition) is 1. The highest BCUT2D eigenvalue weighted by Gasteiger charge is 2.22. The molecule has 0 radical (unpaired) electrons. The van der Waals surface area contributed by atoms with Crippen molar-refractivity contribution in [1.29, 1.82) is 0 Å². The van der Waals surface area contributed by atoms with Crippen LogP contribution in [0.2, 0.25) is 0 Å². The van der Waals surface area contributed by atoms with E-state index in [1.54, 1.807) is 11.3 Å². The number of nitrogens with zero attached hydrogens (tertiary/aromatic N) is 4. The van der Waals surface area contributed by atoms with Crippen LogP contribution in [0.5, 0.6) is 0 Å². The molecule has 0 spiro atoms. The van der Waals surface area contributed by atoms with Crippen LogP contribution in [0.1, 0.15) is 24.3 Å². The maximum absolute atomic E-state index is 12.4. The summed E-state index contributed by atoms with van der Waals surface area (Å²) in [5, 5.41) is 4.15. The van der Waals surface area contributed by atoms with Gasteiger partial charge in [0.1, 0.15) is 5.01 Å². The van der Waals surface area contributed by atoms with Crippen LogP contribution in [0.25, 0.3) is 10.2 Å². The van der Waals surface area contributed by atoms with E-state index in [0.29, 0.717) is 12.8 Å². The minimum atomic E-state index is 0.0249. The van der Waals surface area contributed by atoms with Crippen molar-refractivity contribution in [2.24, 2.45) is 0 Å². The molecule has 2 amide bonds. The zero-order valence-corrected chi connectivity index (χ0v) is 19.5. The largest absolute Gasteiger partial charge is 0.326 e. The maximum Gasteiger partial charge on any atom is 0.227 e. The topological polar surface area (TPSA) is 68.8 Å². The molecule has 8 heteroatoms. The molecule has 2 aliphatic heterocycles. The minimum absolute atomic E-state index is 0.0249. The predicted octanol–water partition coefficient (Wildman–Crippen LogP) is 3.57. The zero-order valence-electron chi connectivity index (χ0n) is 18.7. The van der Waals surface area contributed by atoms with Crippen molar-refractivity contribution in [3.63, 3.8) is 0 Å². The fraction of sp³-hybridized carbons (Fsp3) is 0.400. The third kappa shape index (κ3) is 5.40. The van der Waals surface area contributed by atoms with Gasteiger partial charge in [0.05, 0.1) is 16.8 Å². The van der Waals surface area contributed by atoms with Crippen LogP contribution in [0.15, 0.2) is 48.5 Å². The van der Waals surface area contributed by atoms with Gasteiger partial charge in [-0.15, -0.1) is 11.3 Å². The molecule has 0 bridgehead atoms. The van der Waals surface area contributed by atoms with Gasteiger partial charge in [-0.3, -0.25) is 14.5 Å². The van der Waals surface area contributed by atoms with E-state index < -0.39 is 0 Å². The van der Waals surface area contributed by atoms with Gasteiger partial charge in [-0.2, -0.15) is 0 Å². The number of rotatable bonds is 7. The molecule has 0 atom stereocenters. The number of carbonyl (C=O) groups excluding carboxylic acids is 2. The number of benzene rings is 2. The number of hydrogen-bond acceptors (Lipinski definition) is 6. The molecular formula is C25H29N5O2S. The lowest BCUT2D eigenvalue weighted by Crippen LogP contribution is -2.46. The molecule has 2 aliphatic rings. The summed E-state index contributed by atoms with van der Waals surface area (Å²) in [5.74, 6) is 0.198. The standard InChI is InChI=1S/C25H29N5O2S/c31-23(26-19-7-9-20(10-8-19)30-12-3-6-25(30)32)11-13-28-14-16-29(17-15-28)18-24-27-21-4-1-2-5-22(21)33-24/h1-2,4-5,7-10H,3,6,11-18H2,(H,26,31). The van der Waals surface area contributed by atoms with Crippen LogP contribution >= 0.6 is 11.3 Å². The summed E-state index contributed by atoms with van der Waals surface area (Å²) in [6.45, 7) is 6.36. The van der Waals surface area contributed by atoms with E-state index in [2.05, 4.69) is 33.3 Å². The van der Waals surface area contributed by atoms with E-state index >= 15 is 0 Å². The van der Waals surface area contributed by atoms with Crippen molar-refractivity contribution < 1.29 is 9.59 Å². The Morgan fingerprint density at radius 3 is 2.45 bits per heavy atom. The van der Waals surface area contributed by atoms with Crippen LogP contribution in [0, 0.1) is 0 Å². The van der Waals surface area contributed by atoms with Crippen molar-refractivity contribution in [2.75, 3.05) is 49.5 Å². The lowest BCUT2D eigenvalue weighted by molar-refractivity contribution is -0.117. The Kier molecular flexibility index (Phi) is 6.66. The quantitative estimate of drug-likeness (QED) is 0.580. The number of fused-ring (bicyclic) bond motifs is 1. The highest BCUT2D eigenvalue weighted by molar-refractivity contribution is 7.18. The lowest BCUT2D eigenvalue weighted by Gasteiger charge is -2.34. The number of para-hydroxylation sites is 1. The molecule has 0 aliphatic carbocycles. The average Bonchev–Trinajstić information content (AvgIpc) is 3.44. The van der Waals surface area contributed by atoms with Gasteiger partial charge in [0.25, 0.3) is 0 Å². The second kappa shape index (κ2) is 9.99. The molecule has 1 N–H and O–H groups in total. The molecule has 1 aromatic heterocycles. The molecule has 7 nitrogen and oxygen atoms in total. The van der Waals surface area contributed by atoms with Crippen LogP contribution in [-0.4, -0.2) is 65.9 Å². The summed E-state index contributed by atoms with van der Waals surface area (Å²) in [6.07, 6.45) is 2.01. The van der Waals surface area contributed by atoms with Crippen LogP contribution in [0.4, 0.5) is 11.4 Å². The summed E-state index contributed by atoms with van der Waals surface area (Å²) in [6, 6.07) is 15.9. The molecule has 2 aromatic carbocycles. The first-order valence-electron chi connectivity index (χ1n) is 11.6. The maximum atomic E-state index is 12.4. The number of amides is 2. The second-order valence-electron chi connectivity index (χ2n) is 8.69. The number of piperazine rings is 1. The van der Waals surface area contributed by atoms with Crippen LogP contribution in [-0.2, 0) is 16.1 Å². The van der Waals surface area contributed by atoms with Gasteiger partial charge in [0, 0.05) is 63.5 Å². The number of thiazole rings is 1.